The monoisotopic (exact) mass is 353 g/mol. The molecule has 0 aliphatic carbocycles. The molecule has 1 aromatic carbocycles. The molecule has 5 nitrogen and oxygen atoms in total. The summed E-state index contributed by atoms with van der Waals surface area (Å²) in [6.45, 7) is 1.47. The van der Waals surface area contributed by atoms with Gasteiger partial charge in [0.05, 0.1) is 0 Å². The maximum atomic E-state index is 6.08. The quantitative estimate of drug-likeness (QED) is 0.638. The Morgan fingerprint density at radius 3 is 2.60 bits per heavy atom. The van der Waals surface area contributed by atoms with Gasteiger partial charge in [-0.05, 0) is 22.6 Å². The van der Waals surface area contributed by atoms with E-state index in [2.05, 4.69) is 20.8 Å². The lowest BCUT2D eigenvalue weighted by Gasteiger charge is -2.08. The molecule has 1 heterocycles. The van der Waals surface area contributed by atoms with Gasteiger partial charge in [-0.15, -0.1) is 17.5 Å². The molecular formula is C11H14Cl3N5S. The van der Waals surface area contributed by atoms with E-state index in [9.17, 15) is 0 Å². The van der Waals surface area contributed by atoms with Crippen molar-refractivity contribution in [2.75, 3.05) is 12.3 Å². The first-order chi connectivity index (χ1) is 9.18. The fraction of sp³-hybridized carbons (Fsp3) is 0.364. The molecule has 2 rings (SSSR count). The molecule has 0 amide bonds. The van der Waals surface area contributed by atoms with Crippen molar-refractivity contribution in [2.45, 2.75) is 11.7 Å². The zero-order valence-corrected chi connectivity index (χ0v) is 13.9. The van der Waals surface area contributed by atoms with Crippen LogP contribution < -0.4 is 5.32 Å². The minimum atomic E-state index is 0. The Hall–Kier alpha value is -0.530. The molecule has 110 valence electrons. The van der Waals surface area contributed by atoms with Crippen molar-refractivity contribution in [3.05, 3.63) is 33.8 Å². The molecular weight excluding hydrogens is 341 g/mol. The summed E-state index contributed by atoms with van der Waals surface area (Å²) < 4.78 is 1.65. The number of nitrogens with zero attached hydrogens (tertiary/aromatic N) is 4. The summed E-state index contributed by atoms with van der Waals surface area (Å²) in [4.78, 5) is 0. The van der Waals surface area contributed by atoms with Gasteiger partial charge < -0.3 is 5.32 Å². The van der Waals surface area contributed by atoms with Gasteiger partial charge in [-0.2, -0.15) is 0 Å². The fourth-order valence-electron chi connectivity index (χ4n) is 1.47. The smallest absolute Gasteiger partial charge is 0.209 e. The number of hydrogen-bond donors (Lipinski definition) is 1. The molecule has 0 atom stereocenters. The number of rotatable bonds is 6. The third kappa shape index (κ3) is 4.79. The molecule has 9 heteroatoms. The number of aromatic nitrogens is 4. The Labute approximate surface area is 137 Å². The largest absolute Gasteiger partial charge is 0.312 e. The number of hydrogen-bond acceptors (Lipinski definition) is 5. The molecule has 1 N–H and O–H groups in total. The SMILES string of the molecule is Cl.Cn1nnnc1SCCNCc1c(Cl)cccc1Cl. The van der Waals surface area contributed by atoms with Crippen molar-refractivity contribution in [1.82, 2.24) is 25.5 Å². The topological polar surface area (TPSA) is 55.6 Å². The van der Waals surface area contributed by atoms with Crippen LogP contribution in [-0.4, -0.2) is 32.5 Å². The first kappa shape index (κ1) is 17.5. The summed E-state index contributed by atoms with van der Waals surface area (Å²) in [6.07, 6.45) is 0. The van der Waals surface area contributed by atoms with Crippen LogP contribution in [0.25, 0.3) is 0 Å². The van der Waals surface area contributed by atoms with Gasteiger partial charge in [-0.3, -0.25) is 0 Å². The third-order valence-corrected chi connectivity index (χ3v) is 4.18. The highest BCUT2D eigenvalue weighted by Gasteiger charge is 2.05. The van der Waals surface area contributed by atoms with Gasteiger partial charge in [-0.1, -0.05) is 41.0 Å². The van der Waals surface area contributed by atoms with E-state index in [-0.39, 0.29) is 12.4 Å². The van der Waals surface area contributed by atoms with E-state index >= 15 is 0 Å². The van der Waals surface area contributed by atoms with Gasteiger partial charge in [0.15, 0.2) is 0 Å². The Bertz CT molecular complexity index is 528. The molecule has 0 radical (unpaired) electrons. The summed E-state index contributed by atoms with van der Waals surface area (Å²) in [5.74, 6) is 0.871. The van der Waals surface area contributed by atoms with Crippen LogP contribution in [0, 0.1) is 0 Å². The van der Waals surface area contributed by atoms with E-state index in [4.69, 9.17) is 23.2 Å². The summed E-state index contributed by atoms with van der Waals surface area (Å²) in [7, 11) is 1.82. The van der Waals surface area contributed by atoms with E-state index in [0.717, 1.165) is 23.0 Å². The lowest BCUT2D eigenvalue weighted by molar-refractivity contribution is 0.663. The highest BCUT2D eigenvalue weighted by atomic mass is 35.5. The zero-order chi connectivity index (χ0) is 13.7. The summed E-state index contributed by atoms with van der Waals surface area (Å²) in [5, 5.41) is 16.7. The van der Waals surface area contributed by atoms with Crippen LogP contribution in [0.2, 0.25) is 10.0 Å². The lowest BCUT2D eigenvalue weighted by Crippen LogP contribution is -2.17. The number of nitrogens with one attached hydrogen (secondary N) is 1. The Morgan fingerprint density at radius 2 is 2.00 bits per heavy atom. The Morgan fingerprint density at radius 1 is 1.30 bits per heavy atom. The van der Waals surface area contributed by atoms with E-state index in [1.807, 2.05) is 25.2 Å². The number of halogens is 3. The van der Waals surface area contributed by atoms with Gasteiger partial charge in [0.1, 0.15) is 0 Å². The molecule has 0 aliphatic rings. The minimum absolute atomic E-state index is 0. The van der Waals surface area contributed by atoms with Crippen LogP contribution in [0.15, 0.2) is 23.4 Å². The van der Waals surface area contributed by atoms with Crippen LogP contribution in [0.5, 0.6) is 0 Å². The first-order valence-corrected chi connectivity index (χ1v) is 7.41. The molecule has 20 heavy (non-hydrogen) atoms. The standard InChI is InChI=1S/C11H13Cl2N5S.ClH/c1-18-11(15-16-17-18)19-6-5-14-7-8-9(12)3-2-4-10(8)13;/h2-4,14H,5-7H2,1H3;1H. The maximum absolute atomic E-state index is 6.08. The highest BCUT2D eigenvalue weighted by Crippen LogP contribution is 2.23. The predicted molar refractivity (Wildman–Crippen MR) is 84.9 cm³/mol. The molecule has 0 fully saturated rings. The molecule has 0 saturated carbocycles. The van der Waals surface area contributed by atoms with E-state index in [1.54, 1.807) is 16.4 Å². The Balaban J connectivity index is 0.00000200. The van der Waals surface area contributed by atoms with Crippen LogP contribution in [0.1, 0.15) is 5.56 Å². The summed E-state index contributed by atoms with van der Waals surface area (Å²) in [6, 6.07) is 5.51. The first-order valence-electron chi connectivity index (χ1n) is 5.67. The molecule has 2 aromatic rings. The van der Waals surface area contributed by atoms with Gasteiger partial charge in [-0.25, -0.2) is 4.68 Å². The molecule has 1 aromatic heterocycles. The molecule has 0 spiro atoms. The number of thioether (sulfide) groups is 1. The molecule has 0 saturated heterocycles. The molecule has 0 bridgehead atoms. The highest BCUT2D eigenvalue weighted by molar-refractivity contribution is 7.99. The van der Waals surface area contributed by atoms with Crippen LogP contribution in [0.3, 0.4) is 0 Å². The second-order valence-electron chi connectivity index (χ2n) is 3.81. The normalized spacial score (nSPS) is 10.3. The Kier molecular flexibility index (Phi) is 7.61. The van der Waals surface area contributed by atoms with Crippen LogP contribution in [0.4, 0.5) is 0 Å². The number of aryl methyl sites for hydroxylation is 1. The zero-order valence-electron chi connectivity index (χ0n) is 10.7. The van der Waals surface area contributed by atoms with Gasteiger partial charge in [0, 0.05) is 41.5 Å². The van der Waals surface area contributed by atoms with E-state index < -0.39 is 0 Å². The van der Waals surface area contributed by atoms with Crippen molar-refractivity contribution < 1.29 is 0 Å². The van der Waals surface area contributed by atoms with Crippen molar-refractivity contribution >= 4 is 47.4 Å². The van der Waals surface area contributed by atoms with Crippen molar-refractivity contribution in [2.24, 2.45) is 7.05 Å². The van der Waals surface area contributed by atoms with Crippen LogP contribution in [-0.2, 0) is 13.6 Å². The maximum Gasteiger partial charge on any atom is 0.209 e. The third-order valence-electron chi connectivity index (χ3n) is 2.45. The average molecular weight is 355 g/mol. The van der Waals surface area contributed by atoms with Crippen molar-refractivity contribution in [3.63, 3.8) is 0 Å². The lowest BCUT2D eigenvalue weighted by atomic mass is 10.2. The fourth-order valence-corrected chi connectivity index (χ4v) is 2.75. The summed E-state index contributed by atoms with van der Waals surface area (Å²) in [5.41, 5.74) is 0.927. The van der Waals surface area contributed by atoms with E-state index in [1.165, 1.54) is 0 Å². The number of tetrazole rings is 1. The van der Waals surface area contributed by atoms with Gasteiger partial charge in [0.2, 0.25) is 5.16 Å². The van der Waals surface area contributed by atoms with Gasteiger partial charge >= 0.3 is 0 Å². The predicted octanol–water partition coefficient (Wildman–Crippen LogP) is 2.82. The van der Waals surface area contributed by atoms with Crippen molar-refractivity contribution in [1.29, 1.82) is 0 Å². The van der Waals surface area contributed by atoms with Gasteiger partial charge in [0.25, 0.3) is 0 Å². The molecule has 0 aliphatic heterocycles. The van der Waals surface area contributed by atoms with Crippen LogP contribution >= 0.6 is 47.4 Å². The average Bonchev–Trinajstić information content (AvgIpc) is 2.78. The van der Waals surface area contributed by atoms with E-state index in [0.29, 0.717) is 16.6 Å². The van der Waals surface area contributed by atoms with Crippen molar-refractivity contribution in [3.8, 4) is 0 Å². The second-order valence-corrected chi connectivity index (χ2v) is 5.69. The number of benzene rings is 1. The second kappa shape index (κ2) is 8.69. The minimum Gasteiger partial charge on any atom is -0.312 e. The molecule has 0 unspecified atom stereocenters. The summed E-state index contributed by atoms with van der Waals surface area (Å²) >= 11 is 13.8.